The molecule has 0 spiro atoms. The van der Waals surface area contributed by atoms with Crippen molar-refractivity contribution < 1.29 is 0 Å². The van der Waals surface area contributed by atoms with Gasteiger partial charge in [0.2, 0.25) is 0 Å². The minimum Gasteiger partial charge on any atom is -0.372 e. The van der Waals surface area contributed by atoms with Gasteiger partial charge in [0.25, 0.3) is 5.56 Å². The van der Waals surface area contributed by atoms with Gasteiger partial charge in [0.05, 0.1) is 18.4 Å². The molecule has 1 aromatic heterocycles. The summed E-state index contributed by atoms with van der Waals surface area (Å²) < 4.78 is 1.48. The fourth-order valence-electron chi connectivity index (χ4n) is 2.15. The summed E-state index contributed by atoms with van der Waals surface area (Å²) in [6.07, 6.45) is 1.71. The maximum atomic E-state index is 12.1. The van der Waals surface area contributed by atoms with Crippen LogP contribution in [0.2, 0.25) is 0 Å². The first-order chi connectivity index (χ1) is 10.0. The third-order valence-corrected chi connectivity index (χ3v) is 3.66. The standard InChI is InChI=1S/C16H22N4O/c1-12-4-5-14(8-13(12)2)11-20-16(21)9-15(10-18-20)19(3)7-6-17/h4-5,8-10H,6-7,11,17H2,1-3H3. The molecule has 1 aromatic carbocycles. The van der Waals surface area contributed by atoms with Crippen molar-refractivity contribution in [2.45, 2.75) is 20.4 Å². The lowest BCUT2D eigenvalue weighted by atomic mass is 10.1. The fourth-order valence-corrected chi connectivity index (χ4v) is 2.15. The summed E-state index contributed by atoms with van der Waals surface area (Å²) in [6.45, 7) is 5.87. The molecular formula is C16H22N4O. The Labute approximate surface area is 125 Å². The largest absolute Gasteiger partial charge is 0.372 e. The lowest BCUT2D eigenvalue weighted by Gasteiger charge is -2.17. The second-order valence-corrected chi connectivity index (χ2v) is 5.34. The van der Waals surface area contributed by atoms with E-state index < -0.39 is 0 Å². The SMILES string of the molecule is Cc1ccc(Cn2ncc(N(C)CCN)cc2=O)cc1C. The van der Waals surface area contributed by atoms with Gasteiger partial charge in [0.1, 0.15) is 0 Å². The van der Waals surface area contributed by atoms with Crippen LogP contribution in [-0.2, 0) is 6.54 Å². The van der Waals surface area contributed by atoms with Gasteiger partial charge in [-0.2, -0.15) is 5.10 Å². The number of anilines is 1. The van der Waals surface area contributed by atoms with Gasteiger partial charge in [-0.25, -0.2) is 4.68 Å². The Morgan fingerprint density at radius 1 is 1.24 bits per heavy atom. The van der Waals surface area contributed by atoms with E-state index in [1.165, 1.54) is 15.8 Å². The van der Waals surface area contributed by atoms with Crippen LogP contribution < -0.4 is 16.2 Å². The first-order valence-corrected chi connectivity index (χ1v) is 7.06. The van der Waals surface area contributed by atoms with E-state index in [9.17, 15) is 4.79 Å². The van der Waals surface area contributed by atoms with E-state index in [4.69, 9.17) is 5.73 Å². The van der Waals surface area contributed by atoms with Crippen LogP contribution >= 0.6 is 0 Å². The second kappa shape index (κ2) is 6.54. The highest BCUT2D eigenvalue weighted by Crippen LogP contribution is 2.11. The van der Waals surface area contributed by atoms with Crippen LogP contribution in [0.3, 0.4) is 0 Å². The molecule has 0 aliphatic rings. The van der Waals surface area contributed by atoms with Crippen molar-refractivity contribution in [2.75, 3.05) is 25.0 Å². The Morgan fingerprint density at radius 2 is 2.00 bits per heavy atom. The van der Waals surface area contributed by atoms with Crippen molar-refractivity contribution in [3.63, 3.8) is 0 Å². The molecule has 0 radical (unpaired) electrons. The molecule has 21 heavy (non-hydrogen) atoms. The summed E-state index contributed by atoms with van der Waals surface area (Å²) in [5.74, 6) is 0. The third-order valence-electron chi connectivity index (χ3n) is 3.66. The van der Waals surface area contributed by atoms with Gasteiger partial charge in [0.15, 0.2) is 0 Å². The monoisotopic (exact) mass is 286 g/mol. The number of hydrogen-bond acceptors (Lipinski definition) is 4. The molecule has 0 aliphatic carbocycles. The van der Waals surface area contributed by atoms with E-state index >= 15 is 0 Å². The summed E-state index contributed by atoms with van der Waals surface area (Å²) in [6, 6.07) is 7.80. The zero-order valence-electron chi connectivity index (χ0n) is 12.8. The summed E-state index contributed by atoms with van der Waals surface area (Å²) in [4.78, 5) is 14.1. The van der Waals surface area contributed by atoms with Gasteiger partial charge in [-0.3, -0.25) is 4.79 Å². The molecular weight excluding hydrogens is 264 g/mol. The topological polar surface area (TPSA) is 64.2 Å². The van der Waals surface area contributed by atoms with E-state index in [1.54, 1.807) is 12.3 Å². The zero-order chi connectivity index (χ0) is 15.4. The number of hydrogen-bond donors (Lipinski definition) is 1. The molecule has 0 unspecified atom stereocenters. The Bertz CT molecular complexity index is 678. The lowest BCUT2D eigenvalue weighted by molar-refractivity contribution is 0.637. The summed E-state index contributed by atoms with van der Waals surface area (Å²) >= 11 is 0. The molecule has 5 nitrogen and oxygen atoms in total. The predicted molar refractivity (Wildman–Crippen MR) is 85.8 cm³/mol. The first-order valence-electron chi connectivity index (χ1n) is 7.06. The number of nitrogens with two attached hydrogens (primary N) is 1. The summed E-state index contributed by atoms with van der Waals surface area (Å²) in [5.41, 5.74) is 9.76. The Hall–Kier alpha value is -2.14. The molecule has 5 heteroatoms. The van der Waals surface area contributed by atoms with Crippen LogP contribution in [0.1, 0.15) is 16.7 Å². The number of rotatable bonds is 5. The maximum Gasteiger partial charge on any atom is 0.269 e. The highest BCUT2D eigenvalue weighted by molar-refractivity contribution is 5.41. The molecule has 0 amide bonds. The second-order valence-electron chi connectivity index (χ2n) is 5.34. The van der Waals surface area contributed by atoms with Gasteiger partial charge in [-0.05, 0) is 30.5 Å². The molecule has 0 aliphatic heterocycles. The third kappa shape index (κ3) is 3.70. The van der Waals surface area contributed by atoms with Crippen molar-refractivity contribution in [3.05, 3.63) is 57.5 Å². The molecule has 0 saturated heterocycles. The van der Waals surface area contributed by atoms with Crippen LogP contribution in [0.25, 0.3) is 0 Å². The van der Waals surface area contributed by atoms with Crippen molar-refractivity contribution in [3.8, 4) is 0 Å². The van der Waals surface area contributed by atoms with Crippen LogP contribution in [0, 0.1) is 13.8 Å². The average molecular weight is 286 g/mol. The molecule has 2 N–H and O–H groups in total. The number of likely N-dealkylation sites (N-methyl/N-ethyl adjacent to an activating group) is 1. The molecule has 0 fully saturated rings. The van der Waals surface area contributed by atoms with Gasteiger partial charge in [-0.1, -0.05) is 18.2 Å². The summed E-state index contributed by atoms with van der Waals surface area (Å²) in [7, 11) is 1.90. The number of aromatic nitrogens is 2. The van der Waals surface area contributed by atoms with Crippen molar-refractivity contribution in [1.82, 2.24) is 9.78 Å². The van der Waals surface area contributed by atoms with E-state index in [-0.39, 0.29) is 5.56 Å². The highest BCUT2D eigenvalue weighted by Gasteiger charge is 2.05. The number of benzene rings is 1. The first kappa shape index (κ1) is 15.3. The fraction of sp³-hybridized carbons (Fsp3) is 0.375. The van der Waals surface area contributed by atoms with Crippen LogP contribution in [0.15, 0.2) is 35.3 Å². The van der Waals surface area contributed by atoms with E-state index in [2.05, 4.69) is 31.1 Å². The Kier molecular flexibility index (Phi) is 4.75. The molecule has 2 aromatic rings. The Balaban J connectivity index is 2.21. The van der Waals surface area contributed by atoms with Gasteiger partial charge in [0, 0.05) is 26.2 Å². The molecule has 0 bridgehead atoms. The zero-order valence-corrected chi connectivity index (χ0v) is 12.8. The minimum absolute atomic E-state index is 0.102. The lowest BCUT2D eigenvalue weighted by Crippen LogP contribution is -2.29. The molecule has 0 atom stereocenters. The van der Waals surface area contributed by atoms with Crippen molar-refractivity contribution in [1.29, 1.82) is 0 Å². The number of nitrogens with zero attached hydrogens (tertiary/aromatic N) is 3. The predicted octanol–water partition coefficient (Wildman–Crippen LogP) is 1.30. The van der Waals surface area contributed by atoms with Crippen LogP contribution in [0.4, 0.5) is 5.69 Å². The Morgan fingerprint density at radius 3 is 2.62 bits per heavy atom. The van der Waals surface area contributed by atoms with Crippen LogP contribution in [0.5, 0.6) is 0 Å². The average Bonchev–Trinajstić information content (AvgIpc) is 2.45. The number of aryl methyl sites for hydroxylation is 2. The van der Waals surface area contributed by atoms with E-state index in [0.29, 0.717) is 19.6 Å². The summed E-state index contributed by atoms with van der Waals surface area (Å²) in [5, 5.41) is 4.25. The van der Waals surface area contributed by atoms with Gasteiger partial charge in [-0.15, -0.1) is 0 Å². The molecule has 2 rings (SSSR count). The van der Waals surface area contributed by atoms with Gasteiger partial charge >= 0.3 is 0 Å². The van der Waals surface area contributed by atoms with E-state index in [0.717, 1.165) is 11.3 Å². The molecule has 1 heterocycles. The van der Waals surface area contributed by atoms with Crippen LogP contribution in [-0.4, -0.2) is 29.9 Å². The normalized spacial score (nSPS) is 10.7. The van der Waals surface area contributed by atoms with Gasteiger partial charge < -0.3 is 10.6 Å². The smallest absolute Gasteiger partial charge is 0.269 e. The minimum atomic E-state index is -0.102. The van der Waals surface area contributed by atoms with Crippen molar-refractivity contribution >= 4 is 5.69 Å². The quantitative estimate of drug-likeness (QED) is 0.900. The highest BCUT2D eigenvalue weighted by atomic mass is 16.1. The van der Waals surface area contributed by atoms with E-state index in [1.807, 2.05) is 18.0 Å². The molecule has 112 valence electrons. The molecule has 0 saturated carbocycles. The maximum absolute atomic E-state index is 12.1. The van der Waals surface area contributed by atoms with Crippen molar-refractivity contribution in [2.24, 2.45) is 5.73 Å².